The molecule has 0 spiro atoms. The van der Waals surface area contributed by atoms with Crippen LogP contribution in [0.25, 0.3) is 44.5 Å². The number of phenols is 2. The number of rotatable bonds is 8. The van der Waals surface area contributed by atoms with E-state index in [-0.39, 0.29) is 11.5 Å². The fourth-order valence-electron chi connectivity index (χ4n) is 6.01. The Morgan fingerprint density at radius 1 is 0.438 bits per heavy atom. The highest BCUT2D eigenvalue weighted by molar-refractivity contribution is 7.53. The van der Waals surface area contributed by atoms with Crippen molar-refractivity contribution in [2.75, 3.05) is 0 Å². The van der Waals surface area contributed by atoms with Gasteiger partial charge in [0.25, 0.3) is 0 Å². The largest absolute Gasteiger partial charge is 0.508 e. The van der Waals surface area contributed by atoms with Gasteiger partial charge in [0.05, 0.1) is 0 Å². The van der Waals surface area contributed by atoms with Gasteiger partial charge in [-0.3, -0.25) is 0 Å². The average molecular weight is 679 g/mol. The van der Waals surface area contributed by atoms with Gasteiger partial charge in [-0.25, -0.2) is 4.31 Å². The zero-order valence-corrected chi connectivity index (χ0v) is 28.1. The highest BCUT2D eigenvalue weighted by Gasteiger charge is 2.35. The molecule has 244 valence electrons. The highest BCUT2D eigenvalue weighted by atomic mass is 31.2. The standard InChI is InChI=1S/C39H32O2.H4O5P2/c1-39(2,31-23-25-32(40)26-24-31)37-33(27-15-7-3-8-16-27)35(29-19-11-5-12-20-29)38(41)36(30-21-13-6-14-22-30)34(37)28-17-9-4-10-18-28;1-6(2)5-7(3)4/h3-26,40-41H,1-2H3;1-4H. The summed E-state index contributed by atoms with van der Waals surface area (Å²) < 4.78 is 3.60. The maximum absolute atomic E-state index is 12.4. The molecule has 6 aromatic rings. The Hall–Kier alpha value is -4.42. The normalized spacial score (nSPS) is 11.3. The van der Waals surface area contributed by atoms with Crippen molar-refractivity contribution in [2.24, 2.45) is 0 Å². The van der Waals surface area contributed by atoms with Crippen molar-refractivity contribution in [3.05, 3.63) is 157 Å². The van der Waals surface area contributed by atoms with Crippen molar-refractivity contribution in [3.63, 3.8) is 0 Å². The summed E-state index contributed by atoms with van der Waals surface area (Å²) in [6.45, 7) is 4.46. The Bertz CT molecular complexity index is 1810. The third-order valence-electron chi connectivity index (χ3n) is 8.08. The van der Waals surface area contributed by atoms with Gasteiger partial charge in [-0.1, -0.05) is 147 Å². The van der Waals surface area contributed by atoms with Crippen LogP contribution >= 0.6 is 17.2 Å². The Balaban J connectivity index is 0.000000582. The SMILES string of the molecule is CC(C)(c1ccc(O)cc1)c1c(-c2ccccc2)c(-c2ccccc2)c(O)c(-c2ccccc2)c1-c1ccccc1.OP(O)OP(O)O. The van der Waals surface area contributed by atoms with Crippen molar-refractivity contribution in [3.8, 4) is 56.0 Å². The summed E-state index contributed by atoms with van der Waals surface area (Å²) >= 11 is 0. The first-order valence-electron chi connectivity index (χ1n) is 15.1. The van der Waals surface area contributed by atoms with Crippen LogP contribution < -0.4 is 0 Å². The smallest absolute Gasteiger partial charge is 0.334 e. The summed E-state index contributed by atoms with van der Waals surface area (Å²) in [7, 11) is -5.22. The summed E-state index contributed by atoms with van der Waals surface area (Å²) in [4.78, 5) is 31.3. The zero-order valence-electron chi connectivity index (χ0n) is 26.3. The lowest BCUT2D eigenvalue weighted by atomic mass is 9.68. The molecular formula is C39H36O7P2. The van der Waals surface area contributed by atoms with Gasteiger partial charge in [0.15, 0.2) is 0 Å². The van der Waals surface area contributed by atoms with Gasteiger partial charge in [0.1, 0.15) is 11.5 Å². The molecule has 9 heteroatoms. The predicted molar refractivity (Wildman–Crippen MR) is 194 cm³/mol. The van der Waals surface area contributed by atoms with Crippen molar-refractivity contribution < 1.29 is 34.1 Å². The Labute approximate surface area is 282 Å². The molecule has 0 bridgehead atoms. The van der Waals surface area contributed by atoms with E-state index in [1.807, 2.05) is 84.9 Å². The van der Waals surface area contributed by atoms with E-state index in [0.717, 1.165) is 55.6 Å². The van der Waals surface area contributed by atoms with E-state index < -0.39 is 22.6 Å². The van der Waals surface area contributed by atoms with Crippen LogP contribution in [0, 0.1) is 0 Å². The van der Waals surface area contributed by atoms with Crippen molar-refractivity contribution in [1.82, 2.24) is 0 Å². The molecule has 0 aliphatic heterocycles. The molecule has 0 saturated heterocycles. The van der Waals surface area contributed by atoms with Crippen LogP contribution in [0.1, 0.15) is 25.0 Å². The van der Waals surface area contributed by atoms with E-state index in [1.165, 1.54) is 0 Å². The van der Waals surface area contributed by atoms with Crippen LogP contribution in [0.3, 0.4) is 0 Å². The Morgan fingerprint density at radius 2 is 0.750 bits per heavy atom. The minimum atomic E-state index is -2.61. The number of benzene rings is 6. The van der Waals surface area contributed by atoms with Crippen molar-refractivity contribution in [2.45, 2.75) is 19.3 Å². The van der Waals surface area contributed by atoms with Crippen molar-refractivity contribution in [1.29, 1.82) is 0 Å². The average Bonchev–Trinajstić information content (AvgIpc) is 3.09. The molecule has 0 aliphatic carbocycles. The maximum atomic E-state index is 12.4. The first kappa shape index (κ1) is 34.9. The van der Waals surface area contributed by atoms with Crippen LogP contribution in [0.2, 0.25) is 0 Å². The lowest BCUT2D eigenvalue weighted by molar-refractivity contribution is 0.324. The van der Waals surface area contributed by atoms with Crippen molar-refractivity contribution >= 4 is 17.2 Å². The van der Waals surface area contributed by atoms with E-state index in [4.69, 9.17) is 19.6 Å². The van der Waals surface area contributed by atoms with Gasteiger partial charge < -0.3 is 29.8 Å². The van der Waals surface area contributed by atoms with E-state index >= 15 is 0 Å². The fourth-order valence-corrected chi connectivity index (χ4v) is 6.53. The molecule has 0 atom stereocenters. The molecule has 0 saturated carbocycles. The number of hydrogen-bond acceptors (Lipinski definition) is 7. The van der Waals surface area contributed by atoms with Gasteiger partial charge >= 0.3 is 17.2 Å². The van der Waals surface area contributed by atoms with E-state index in [1.54, 1.807) is 12.1 Å². The lowest BCUT2D eigenvalue weighted by Crippen LogP contribution is -2.22. The van der Waals surface area contributed by atoms with Gasteiger partial charge in [-0.15, -0.1) is 0 Å². The molecule has 48 heavy (non-hydrogen) atoms. The number of hydrogen-bond donors (Lipinski definition) is 6. The molecule has 0 amide bonds. The van der Waals surface area contributed by atoms with Crippen LogP contribution in [-0.4, -0.2) is 29.8 Å². The monoisotopic (exact) mass is 678 g/mol. The minimum absolute atomic E-state index is 0.233. The predicted octanol–water partition coefficient (Wildman–Crippen LogP) is 9.52. The van der Waals surface area contributed by atoms with Crippen LogP contribution in [-0.2, 0) is 9.73 Å². The second-order valence-corrected chi connectivity index (χ2v) is 13.1. The molecule has 0 fully saturated rings. The number of phenolic OH excluding ortho intramolecular Hbond substituents is 2. The molecule has 0 unspecified atom stereocenters. The van der Waals surface area contributed by atoms with Gasteiger partial charge in [0.2, 0.25) is 0 Å². The lowest BCUT2D eigenvalue weighted by Gasteiger charge is -2.35. The van der Waals surface area contributed by atoms with Gasteiger partial charge in [-0.2, -0.15) is 0 Å². The third-order valence-corrected chi connectivity index (χ3v) is 9.25. The first-order valence-corrected chi connectivity index (χ1v) is 17.4. The van der Waals surface area contributed by atoms with Crippen LogP contribution in [0.5, 0.6) is 11.5 Å². The second kappa shape index (κ2) is 15.7. The molecule has 6 rings (SSSR count). The molecule has 0 radical (unpaired) electrons. The van der Waals surface area contributed by atoms with Gasteiger partial charge in [0, 0.05) is 16.5 Å². The maximum Gasteiger partial charge on any atom is 0.334 e. The minimum Gasteiger partial charge on any atom is -0.508 e. The van der Waals surface area contributed by atoms with Gasteiger partial charge in [-0.05, 0) is 56.6 Å². The molecule has 7 nitrogen and oxygen atoms in total. The summed E-state index contributed by atoms with van der Waals surface area (Å²) in [5.74, 6) is 0.488. The Kier molecular flexibility index (Phi) is 11.4. The zero-order chi connectivity index (χ0) is 34.3. The molecule has 0 aliphatic rings. The molecule has 6 aromatic carbocycles. The second-order valence-electron chi connectivity index (χ2n) is 11.4. The topological polar surface area (TPSA) is 131 Å². The highest BCUT2D eigenvalue weighted by Crippen LogP contribution is 2.56. The first-order chi connectivity index (χ1) is 23.1. The van der Waals surface area contributed by atoms with E-state index in [2.05, 4.69) is 66.7 Å². The van der Waals surface area contributed by atoms with Crippen LogP contribution in [0.4, 0.5) is 0 Å². The van der Waals surface area contributed by atoms with E-state index in [0.29, 0.717) is 0 Å². The quantitative estimate of drug-likeness (QED) is 0.0885. The molecule has 0 heterocycles. The molecule has 6 N–H and O–H groups in total. The van der Waals surface area contributed by atoms with E-state index in [9.17, 15) is 10.2 Å². The molecular weight excluding hydrogens is 642 g/mol. The Morgan fingerprint density at radius 3 is 1.04 bits per heavy atom. The molecule has 0 aromatic heterocycles. The summed E-state index contributed by atoms with van der Waals surface area (Å²) in [5, 5.41) is 22.6. The number of aromatic hydroxyl groups is 2. The summed E-state index contributed by atoms with van der Waals surface area (Å²) in [6, 6.07) is 48.5. The van der Waals surface area contributed by atoms with Crippen LogP contribution in [0.15, 0.2) is 146 Å². The third kappa shape index (κ3) is 7.82. The summed E-state index contributed by atoms with van der Waals surface area (Å²) in [6.07, 6.45) is 0. The summed E-state index contributed by atoms with van der Waals surface area (Å²) in [5.41, 5.74) is 9.19. The fraction of sp³-hybridized carbons (Fsp3) is 0.0769.